The molecule has 2 heterocycles. The molecule has 3 rings (SSSR count). The standard InChI is InChI=1S/C16H16ClN3O4.ClH/c17-10-3-4-11(19-16(22)14-9-18-5-7-24-14)12(8-10)20-15(21)13-2-1-6-23-13;/h1-4,6,8,14,18H,5,7,9H2,(H,19,22)(H,20,21);1H. The molecule has 1 aromatic heterocycles. The number of morpholine rings is 1. The highest BCUT2D eigenvalue weighted by molar-refractivity contribution is 6.31. The third kappa shape index (κ3) is 4.96. The number of carbonyl (C=O) groups is 2. The van der Waals surface area contributed by atoms with E-state index in [0.29, 0.717) is 29.5 Å². The van der Waals surface area contributed by atoms with Gasteiger partial charge in [0.1, 0.15) is 6.10 Å². The van der Waals surface area contributed by atoms with Crippen LogP contribution in [-0.4, -0.2) is 37.6 Å². The molecule has 0 bridgehead atoms. The molecular weight excluding hydrogens is 369 g/mol. The summed E-state index contributed by atoms with van der Waals surface area (Å²) in [6.45, 7) is 1.63. The Morgan fingerprint density at radius 3 is 2.72 bits per heavy atom. The molecule has 0 saturated carbocycles. The van der Waals surface area contributed by atoms with Crippen LogP contribution in [-0.2, 0) is 9.53 Å². The average Bonchev–Trinajstić information content (AvgIpc) is 3.13. The van der Waals surface area contributed by atoms with Gasteiger partial charge < -0.3 is 25.1 Å². The maximum atomic E-state index is 12.3. The molecule has 25 heavy (non-hydrogen) atoms. The normalized spacial score (nSPS) is 16.6. The summed E-state index contributed by atoms with van der Waals surface area (Å²) in [4.78, 5) is 24.4. The van der Waals surface area contributed by atoms with Gasteiger partial charge in [-0.05, 0) is 30.3 Å². The first-order chi connectivity index (χ1) is 11.6. The maximum Gasteiger partial charge on any atom is 0.291 e. The summed E-state index contributed by atoms with van der Waals surface area (Å²) in [6, 6.07) is 7.95. The second-order valence-electron chi connectivity index (χ2n) is 5.17. The third-order valence-corrected chi connectivity index (χ3v) is 3.69. The monoisotopic (exact) mass is 385 g/mol. The van der Waals surface area contributed by atoms with Crippen LogP contribution in [0.15, 0.2) is 41.0 Å². The van der Waals surface area contributed by atoms with Gasteiger partial charge in [-0.15, -0.1) is 12.4 Å². The fourth-order valence-corrected chi connectivity index (χ4v) is 2.44. The third-order valence-electron chi connectivity index (χ3n) is 3.45. The van der Waals surface area contributed by atoms with Crippen LogP contribution >= 0.6 is 24.0 Å². The molecule has 1 saturated heterocycles. The lowest BCUT2D eigenvalue weighted by atomic mass is 10.2. The number of ether oxygens (including phenoxy) is 1. The SMILES string of the molecule is Cl.O=C(Nc1cc(Cl)ccc1NC(=O)C1CNCCO1)c1ccco1. The van der Waals surface area contributed by atoms with Crippen LogP contribution in [0.25, 0.3) is 0 Å². The number of furan rings is 1. The van der Waals surface area contributed by atoms with Crippen molar-refractivity contribution in [1.29, 1.82) is 0 Å². The van der Waals surface area contributed by atoms with E-state index in [1.807, 2.05) is 0 Å². The van der Waals surface area contributed by atoms with Crippen LogP contribution in [0.5, 0.6) is 0 Å². The van der Waals surface area contributed by atoms with Crippen LogP contribution in [0.3, 0.4) is 0 Å². The van der Waals surface area contributed by atoms with Crippen molar-refractivity contribution in [3.63, 3.8) is 0 Å². The number of anilines is 2. The van der Waals surface area contributed by atoms with Gasteiger partial charge in [-0.1, -0.05) is 11.6 Å². The zero-order chi connectivity index (χ0) is 16.9. The number of rotatable bonds is 4. The fourth-order valence-electron chi connectivity index (χ4n) is 2.27. The Bertz CT molecular complexity index is 731. The minimum atomic E-state index is -0.581. The fraction of sp³-hybridized carbons (Fsp3) is 0.250. The van der Waals surface area contributed by atoms with Crippen LogP contribution in [0.2, 0.25) is 5.02 Å². The van der Waals surface area contributed by atoms with Crippen molar-refractivity contribution in [3.05, 3.63) is 47.4 Å². The number of hydrogen-bond acceptors (Lipinski definition) is 5. The van der Waals surface area contributed by atoms with E-state index in [4.69, 9.17) is 20.8 Å². The molecule has 1 fully saturated rings. The van der Waals surface area contributed by atoms with E-state index in [1.165, 1.54) is 6.26 Å². The molecule has 1 atom stereocenters. The van der Waals surface area contributed by atoms with Gasteiger partial charge in [-0.2, -0.15) is 0 Å². The van der Waals surface area contributed by atoms with Gasteiger partial charge in [-0.25, -0.2) is 0 Å². The van der Waals surface area contributed by atoms with Gasteiger partial charge in [0.05, 0.1) is 24.2 Å². The lowest BCUT2D eigenvalue weighted by Crippen LogP contribution is -2.45. The van der Waals surface area contributed by atoms with Crippen molar-refractivity contribution in [2.45, 2.75) is 6.10 Å². The summed E-state index contributed by atoms with van der Waals surface area (Å²) in [6.07, 6.45) is 0.825. The van der Waals surface area contributed by atoms with Crippen molar-refractivity contribution < 1.29 is 18.7 Å². The van der Waals surface area contributed by atoms with Crippen LogP contribution < -0.4 is 16.0 Å². The second-order valence-corrected chi connectivity index (χ2v) is 5.61. The molecule has 2 amide bonds. The molecule has 0 radical (unpaired) electrons. The Labute approximate surface area is 155 Å². The van der Waals surface area contributed by atoms with E-state index in [-0.39, 0.29) is 24.1 Å². The van der Waals surface area contributed by atoms with Crippen LogP contribution in [0.1, 0.15) is 10.6 Å². The van der Waals surface area contributed by atoms with Crippen molar-refractivity contribution in [1.82, 2.24) is 5.32 Å². The predicted molar refractivity (Wildman–Crippen MR) is 96.6 cm³/mol. The zero-order valence-electron chi connectivity index (χ0n) is 13.1. The Hall–Kier alpha value is -2.06. The quantitative estimate of drug-likeness (QED) is 0.751. The molecule has 3 N–H and O–H groups in total. The van der Waals surface area contributed by atoms with Crippen LogP contribution in [0, 0.1) is 0 Å². The smallest absolute Gasteiger partial charge is 0.291 e. The van der Waals surface area contributed by atoms with Crippen molar-refractivity contribution in [3.8, 4) is 0 Å². The Morgan fingerprint density at radius 1 is 1.20 bits per heavy atom. The van der Waals surface area contributed by atoms with E-state index in [9.17, 15) is 9.59 Å². The second kappa shape index (κ2) is 8.87. The molecule has 0 aliphatic carbocycles. The lowest BCUT2D eigenvalue weighted by Gasteiger charge is -2.23. The minimum Gasteiger partial charge on any atom is -0.459 e. The maximum absolute atomic E-state index is 12.3. The molecule has 2 aromatic rings. The first-order valence-corrected chi connectivity index (χ1v) is 7.79. The van der Waals surface area contributed by atoms with Crippen molar-refractivity contribution in [2.24, 2.45) is 0 Å². The highest BCUT2D eigenvalue weighted by Gasteiger charge is 2.23. The van der Waals surface area contributed by atoms with E-state index < -0.39 is 12.0 Å². The summed E-state index contributed by atoms with van der Waals surface area (Å²) < 4.78 is 10.5. The van der Waals surface area contributed by atoms with E-state index in [2.05, 4.69) is 16.0 Å². The predicted octanol–water partition coefficient (Wildman–Crippen LogP) is 2.53. The van der Waals surface area contributed by atoms with E-state index in [0.717, 1.165) is 6.54 Å². The molecule has 7 nitrogen and oxygen atoms in total. The molecule has 9 heteroatoms. The first kappa shape index (κ1) is 19.3. The van der Waals surface area contributed by atoms with Gasteiger partial charge in [-0.3, -0.25) is 9.59 Å². The Balaban J connectivity index is 0.00000225. The van der Waals surface area contributed by atoms with Gasteiger partial charge in [0.25, 0.3) is 11.8 Å². The average molecular weight is 386 g/mol. The summed E-state index contributed by atoms with van der Waals surface area (Å²) in [7, 11) is 0. The minimum absolute atomic E-state index is 0. The number of amides is 2. The summed E-state index contributed by atoms with van der Waals surface area (Å²) in [5, 5.41) is 8.94. The topological polar surface area (TPSA) is 92.6 Å². The number of hydrogen-bond donors (Lipinski definition) is 3. The molecular formula is C16H17Cl2N3O4. The van der Waals surface area contributed by atoms with Gasteiger partial charge >= 0.3 is 0 Å². The molecule has 1 unspecified atom stereocenters. The molecule has 1 aliphatic heterocycles. The molecule has 134 valence electrons. The number of carbonyl (C=O) groups excluding carboxylic acids is 2. The highest BCUT2D eigenvalue weighted by Crippen LogP contribution is 2.26. The van der Waals surface area contributed by atoms with E-state index in [1.54, 1.807) is 30.3 Å². The van der Waals surface area contributed by atoms with Gasteiger partial charge in [0.15, 0.2) is 5.76 Å². The van der Waals surface area contributed by atoms with Gasteiger partial charge in [0, 0.05) is 18.1 Å². The number of benzene rings is 1. The lowest BCUT2D eigenvalue weighted by molar-refractivity contribution is -0.128. The largest absolute Gasteiger partial charge is 0.459 e. The Kier molecular flexibility index (Phi) is 6.83. The summed E-state index contributed by atoms with van der Waals surface area (Å²) in [5.41, 5.74) is 0.805. The Morgan fingerprint density at radius 2 is 2.04 bits per heavy atom. The first-order valence-electron chi connectivity index (χ1n) is 7.41. The number of halogens is 2. The summed E-state index contributed by atoms with van der Waals surface area (Å²) >= 11 is 5.99. The number of nitrogens with one attached hydrogen (secondary N) is 3. The summed E-state index contributed by atoms with van der Waals surface area (Å²) in [5.74, 6) is -0.571. The van der Waals surface area contributed by atoms with Gasteiger partial charge in [0.2, 0.25) is 0 Å². The van der Waals surface area contributed by atoms with Crippen molar-refractivity contribution in [2.75, 3.05) is 30.3 Å². The van der Waals surface area contributed by atoms with E-state index >= 15 is 0 Å². The molecule has 0 spiro atoms. The zero-order valence-corrected chi connectivity index (χ0v) is 14.7. The van der Waals surface area contributed by atoms with Crippen LogP contribution in [0.4, 0.5) is 11.4 Å². The van der Waals surface area contributed by atoms with Crippen molar-refractivity contribution >= 4 is 47.2 Å². The highest BCUT2D eigenvalue weighted by atomic mass is 35.5. The molecule has 1 aliphatic rings. The molecule has 1 aromatic carbocycles.